The van der Waals surface area contributed by atoms with Crippen molar-refractivity contribution in [1.82, 2.24) is 25.2 Å². The number of hydrogen-bond acceptors (Lipinski definition) is 4. The van der Waals surface area contributed by atoms with Crippen LogP contribution in [0.25, 0.3) is 10.9 Å². The molecule has 0 unspecified atom stereocenters. The highest BCUT2D eigenvalue weighted by molar-refractivity contribution is 5.79. The van der Waals surface area contributed by atoms with Gasteiger partial charge in [0, 0.05) is 17.1 Å². The van der Waals surface area contributed by atoms with Crippen LogP contribution in [0.2, 0.25) is 0 Å². The summed E-state index contributed by atoms with van der Waals surface area (Å²) in [6, 6.07) is 5.62. The number of pyridine rings is 1. The zero-order valence-electron chi connectivity index (χ0n) is 10.1. The van der Waals surface area contributed by atoms with Crippen LogP contribution in [0.4, 0.5) is 4.39 Å². The summed E-state index contributed by atoms with van der Waals surface area (Å²) in [4.78, 5) is 11.9. The summed E-state index contributed by atoms with van der Waals surface area (Å²) in [6.07, 6.45) is 0. The third-order valence-electron chi connectivity index (χ3n) is 2.97. The van der Waals surface area contributed by atoms with Gasteiger partial charge in [0.1, 0.15) is 5.82 Å². The molecule has 3 rings (SSSR count). The second-order valence-electron chi connectivity index (χ2n) is 4.23. The molecule has 19 heavy (non-hydrogen) atoms. The lowest BCUT2D eigenvalue weighted by atomic mass is 10.1. The van der Waals surface area contributed by atoms with E-state index in [0.29, 0.717) is 23.3 Å². The first-order valence-electron chi connectivity index (χ1n) is 5.67. The highest BCUT2D eigenvalue weighted by atomic mass is 19.1. The molecule has 1 aromatic carbocycles. The molecule has 0 saturated heterocycles. The predicted octanol–water partition coefficient (Wildman–Crippen LogP) is 1.01. The van der Waals surface area contributed by atoms with Crippen molar-refractivity contribution in [1.29, 1.82) is 0 Å². The van der Waals surface area contributed by atoms with Gasteiger partial charge in [0.2, 0.25) is 0 Å². The van der Waals surface area contributed by atoms with Crippen molar-refractivity contribution in [2.24, 2.45) is 0 Å². The van der Waals surface area contributed by atoms with E-state index in [1.54, 1.807) is 6.07 Å². The molecule has 0 bridgehead atoms. The first kappa shape index (κ1) is 11.5. The molecule has 0 fully saturated rings. The number of aromatic nitrogens is 5. The first-order chi connectivity index (χ1) is 9.15. The van der Waals surface area contributed by atoms with Gasteiger partial charge in [-0.2, -0.15) is 5.21 Å². The quantitative estimate of drug-likeness (QED) is 0.745. The molecule has 0 amide bonds. The molecule has 6 nitrogen and oxygen atoms in total. The lowest BCUT2D eigenvalue weighted by Crippen LogP contribution is -2.13. The van der Waals surface area contributed by atoms with Crippen LogP contribution in [-0.4, -0.2) is 25.2 Å². The molecule has 0 aliphatic rings. The number of aryl methyl sites for hydroxylation is 1. The number of fused-ring (bicyclic) bond motifs is 1. The van der Waals surface area contributed by atoms with Crippen LogP contribution < -0.4 is 5.43 Å². The molecular weight excluding hydrogens is 249 g/mol. The summed E-state index contributed by atoms with van der Waals surface area (Å²) >= 11 is 0. The molecule has 0 spiro atoms. The Morgan fingerprint density at radius 2 is 2.21 bits per heavy atom. The maximum Gasteiger partial charge on any atom is 0.194 e. The minimum Gasteiger partial charge on any atom is -0.337 e. The van der Waals surface area contributed by atoms with Gasteiger partial charge in [-0.15, -0.1) is 10.2 Å². The van der Waals surface area contributed by atoms with E-state index in [0.717, 1.165) is 5.69 Å². The number of tetrazole rings is 1. The Morgan fingerprint density at radius 1 is 1.37 bits per heavy atom. The molecular formula is C12H10FN5O. The van der Waals surface area contributed by atoms with Crippen molar-refractivity contribution in [2.45, 2.75) is 13.5 Å². The lowest BCUT2D eigenvalue weighted by Gasteiger charge is -2.12. The van der Waals surface area contributed by atoms with Crippen molar-refractivity contribution in [2.75, 3.05) is 0 Å². The number of nitrogens with one attached hydrogen (secondary N) is 1. The van der Waals surface area contributed by atoms with Gasteiger partial charge in [0.05, 0.1) is 12.1 Å². The smallest absolute Gasteiger partial charge is 0.194 e. The second-order valence-corrected chi connectivity index (χ2v) is 4.23. The molecule has 2 heterocycles. The largest absolute Gasteiger partial charge is 0.337 e. The maximum atomic E-state index is 13.2. The molecule has 7 heteroatoms. The lowest BCUT2D eigenvalue weighted by molar-refractivity contribution is 0.629. The van der Waals surface area contributed by atoms with E-state index < -0.39 is 5.82 Å². The number of halogens is 1. The molecule has 0 saturated carbocycles. The minimum atomic E-state index is -0.431. The van der Waals surface area contributed by atoms with Crippen LogP contribution in [0.3, 0.4) is 0 Å². The molecule has 3 aromatic rings. The summed E-state index contributed by atoms with van der Waals surface area (Å²) < 4.78 is 15.1. The Kier molecular flexibility index (Phi) is 2.59. The molecule has 0 atom stereocenters. The fraction of sp³-hybridized carbons (Fsp3) is 0.167. The normalized spacial score (nSPS) is 11.1. The van der Waals surface area contributed by atoms with E-state index in [4.69, 9.17) is 0 Å². The first-order valence-corrected chi connectivity index (χ1v) is 5.67. The standard InChI is InChI=1S/C12H10FN5O/c1-7-4-11(19)9-5-8(13)2-3-10(9)18(7)6-12-14-16-17-15-12/h2-5H,6H2,1H3,(H,14,15,16,17). The second kappa shape index (κ2) is 4.27. The summed E-state index contributed by atoms with van der Waals surface area (Å²) in [5, 5.41) is 14.0. The van der Waals surface area contributed by atoms with E-state index in [2.05, 4.69) is 20.6 Å². The van der Waals surface area contributed by atoms with E-state index >= 15 is 0 Å². The van der Waals surface area contributed by atoms with Gasteiger partial charge in [0.25, 0.3) is 0 Å². The number of rotatable bonds is 2. The Bertz CT molecular complexity index is 794. The SMILES string of the molecule is Cc1cc(=O)c2cc(F)ccc2n1Cc1nn[nH]n1. The third kappa shape index (κ3) is 1.99. The maximum absolute atomic E-state index is 13.2. The van der Waals surface area contributed by atoms with Gasteiger partial charge in [0.15, 0.2) is 11.3 Å². The Balaban J connectivity index is 2.26. The van der Waals surface area contributed by atoms with Crippen molar-refractivity contribution in [3.63, 3.8) is 0 Å². The fourth-order valence-electron chi connectivity index (χ4n) is 2.08. The monoisotopic (exact) mass is 259 g/mol. The van der Waals surface area contributed by atoms with Crippen molar-refractivity contribution in [3.05, 3.63) is 51.8 Å². The Labute approximate surface area is 106 Å². The molecule has 1 N–H and O–H groups in total. The molecule has 0 aliphatic heterocycles. The van der Waals surface area contributed by atoms with Crippen LogP contribution in [0.5, 0.6) is 0 Å². The summed E-state index contributed by atoms with van der Waals surface area (Å²) in [5.74, 6) is 0.0666. The van der Waals surface area contributed by atoms with E-state index in [9.17, 15) is 9.18 Å². The van der Waals surface area contributed by atoms with Gasteiger partial charge in [-0.3, -0.25) is 4.79 Å². The van der Waals surface area contributed by atoms with E-state index in [1.165, 1.54) is 18.2 Å². The average molecular weight is 259 g/mol. The third-order valence-corrected chi connectivity index (χ3v) is 2.97. The number of nitrogens with zero attached hydrogens (tertiary/aromatic N) is 4. The molecule has 96 valence electrons. The summed E-state index contributed by atoms with van der Waals surface area (Å²) in [6.45, 7) is 2.18. The Morgan fingerprint density at radius 3 is 2.95 bits per heavy atom. The minimum absolute atomic E-state index is 0.198. The van der Waals surface area contributed by atoms with Crippen LogP contribution in [-0.2, 0) is 6.54 Å². The highest BCUT2D eigenvalue weighted by Gasteiger charge is 2.09. The Hall–Kier alpha value is -2.57. The van der Waals surface area contributed by atoms with Gasteiger partial charge in [-0.1, -0.05) is 5.21 Å². The van der Waals surface area contributed by atoms with Gasteiger partial charge >= 0.3 is 0 Å². The molecule has 0 aliphatic carbocycles. The predicted molar refractivity (Wildman–Crippen MR) is 66.2 cm³/mol. The van der Waals surface area contributed by atoms with E-state index in [1.807, 2.05) is 11.5 Å². The molecule has 0 radical (unpaired) electrons. The zero-order chi connectivity index (χ0) is 13.4. The van der Waals surface area contributed by atoms with Gasteiger partial charge in [-0.05, 0) is 25.1 Å². The fourth-order valence-corrected chi connectivity index (χ4v) is 2.08. The van der Waals surface area contributed by atoms with Crippen LogP contribution in [0, 0.1) is 12.7 Å². The topological polar surface area (TPSA) is 76.5 Å². The average Bonchev–Trinajstić information content (AvgIpc) is 2.87. The highest BCUT2D eigenvalue weighted by Crippen LogP contribution is 2.15. The zero-order valence-corrected chi connectivity index (χ0v) is 10.1. The van der Waals surface area contributed by atoms with E-state index in [-0.39, 0.29) is 5.43 Å². The van der Waals surface area contributed by atoms with Gasteiger partial charge < -0.3 is 4.57 Å². The van der Waals surface area contributed by atoms with Crippen LogP contribution >= 0.6 is 0 Å². The van der Waals surface area contributed by atoms with Gasteiger partial charge in [-0.25, -0.2) is 4.39 Å². The summed E-state index contributed by atoms with van der Waals surface area (Å²) in [5.41, 5.74) is 1.21. The number of H-pyrrole nitrogens is 1. The van der Waals surface area contributed by atoms with Crippen molar-refractivity contribution < 1.29 is 4.39 Å². The molecule has 2 aromatic heterocycles. The van der Waals surface area contributed by atoms with Crippen molar-refractivity contribution in [3.8, 4) is 0 Å². The number of benzene rings is 1. The summed E-state index contributed by atoms with van der Waals surface area (Å²) in [7, 11) is 0. The van der Waals surface area contributed by atoms with Crippen LogP contribution in [0.1, 0.15) is 11.5 Å². The number of hydrogen-bond donors (Lipinski definition) is 1. The van der Waals surface area contributed by atoms with Crippen LogP contribution in [0.15, 0.2) is 29.1 Å². The number of aromatic amines is 1. The van der Waals surface area contributed by atoms with Crippen molar-refractivity contribution >= 4 is 10.9 Å².